The SMILES string of the molecule is CCOCC(C)n1cncc1C1CCNC1. The maximum atomic E-state index is 5.47. The average molecular weight is 223 g/mol. The lowest BCUT2D eigenvalue weighted by Crippen LogP contribution is -2.17. The van der Waals surface area contributed by atoms with Crippen molar-refractivity contribution in [2.75, 3.05) is 26.3 Å². The van der Waals surface area contributed by atoms with Crippen molar-refractivity contribution in [3.8, 4) is 0 Å². The van der Waals surface area contributed by atoms with Gasteiger partial charge in [-0.15, -0.1) is 0 Å². The van der Waals surface area contributed by atoms with Gasteiger partial charge in [0.2, 0.25) is 0 Å². The van der Waals surface area contributed by atoms with E-state index in [4.69, 9.17) is 4.74 Å². The van der Waals surface area contributed by atoms with Gasteiger partial charge < -0.3 is 14.6 Å². The summed E-state index contributed by atoms with van der Waals surface area (Å²) in [6.07, 6.45) is 5.14. The summed E-state index contributed by atoms with van der Waals surface area (Å²) < 4.78 is 7.73. The number of imidazole rings is 1. The van der Waals surface area contributed by atoms with Crippen molar-refractivity contribution >= 4 is 0 Å². The smallest absolute Gasteiger partial charge is 0.0951 e. The number of hydrogen-bond donors (Lipinski definition) is 1. The molecule has 1 aromatic heterocycles. The molecule has 1 saturated heterocycles. The quantitative estimate of drug-likeness (QED) is 0.823. The molecule has 1 N–H and O–H groups in total. The molecule has 4 nitrogen and oxygen atoms in total. The summed E-state index contributed by atoms with van der Waals surface area (Å²) in [7, 11) is 0. The summed E-state index contributed by atoms with van der Waals surface area (Å²) in [4.78, 5) is 4.28. The molecule has 16 heavy (non-hydrogen) atoms. The number of nitrogens with one attached hydrogen (secondary N) is 1. The molecule has 0 amide bonds. The Bertz CT molecular complexity index is 318. The second-order valence-electron chi connectivity index (χ2n) is 4.42. The number of ether oxygens (including phenoxy) is 1. The van der Waals surface area contributed by atoms with Crippen molar-refractivity contribution in [2.45, 2.75) is 32.2 Å². The van der Waals surface area contributed by atoms with Crippen LogP contribution >= 0.6 is 0 Å². The zero-order valence-corrected chi connectivity index (χ0v) is 10.1. The zero-order valence-electron chi connectivity index (χ0n) is 10.1. The second kappa shape index (κ2) is 5.46. The van der Waals surface area contributed by atoms with E-state index in [1.807, 2.05) is 19.4 Å². The average Bonchev–Trinajstić information content (AvgIpc) is 2.94. The standard InChI is InChI=1S/C12H21N3O/c1-3-16-8-10(2)15-9-14-7-12(15)11-4-5-13-6-11/h7,9-11,13H,3-6,8H2,1-2H3. The van der Waals surface area contributed by atoms with E-state index >= 15 is 0 Å². The van der Waals surface area contributed by atoms with Gasteiger partial charge in [-0.05, 0) is 26.8 Å². The minimum atomic E-state index is 0.373. The van der Waals surface area contributed by atoms with Crippen molar-refractivity contribution in [1.29, 1.82) is 0 Å². The first-order valence-electron chi connectivity index (χ1n) is 6.13. The highest BCUT2D eigenvalue weighted by molar-refractivity contribution is 5.10. The largest absolute Gasteiger partial charge is 0.380 e. The number of nitrogens with zero attached hydrogens (tertiary/aromatic N) is 2. The van der Waals surface area contributed by atoms with E-state index in [0.29, 0.717) is 12.0 Å². The highest BCUT2D eigenvalue weighted by Crippen LogP contribution is 2.24. The van der Waals surface area contributed by atoms with E-state index in [-0.39, 0.29) is 0 Å². The first-order valence-corrected chi connectivity index (χ1v) is 6.13. The van der Waals surface area contributed by atoms with E-state index in [1.165, 1.54) is 12.1 Å². The molecule has 1 aliphatic heterocycles. The number of rotatable bonds is 5. The molecule has 0 aliphatic carbocycles. The van der Waals surface area contributed by atoms with Crippen LogP contribution in [0.15, 0.2) is 12.5 Å². The Kier molecular flexibility index (Phi) is 3.96. The highest BCUT2D eigenvalue weighted by atomic mass is 16.5. The van der Waals surface area contributed by atoms with Crippen LogP contribution in [0.2, 0.25) is 0 Å². The van der Waals surface area contributed by atoms with E-state index in [1.54, 1.807) is 0 Å². The van der Waals surface area contributed by atoms with E-state index < -0.39 is 0 Å². The molecule has 2 unspecified atom stereocenters. The van der Waals surface area contributed by atoms with E-state index in [2.05, 4.69) is 21.8 Å². The molecule has 2 heterocycles. The summed E-state index contributed by atoms with van der Waals surface area (Å²) in [5, 5.41) is 3.40. The number of aromatic nitrogens is 2. The summed E-state index contributed by atoms with van der Waals surface area (Å²) in [5.41, 5.74) is 1.34. The van der Waals surface area contributed by atoms with Crippen LogP contribution < -0.4 is 5.32 Å². The fourth-order valence-electron chi connectivity index (χ4n) is 2.28. The van der Waals surface area contributed by atoms with Crippen LogP contribution in [0.3, 0.4) is 0 Å². The van der Waals surface area contributed by atoms with E-state index in [0.717, 1.165) is 26.3 Å². The molecule has 2 rings (SSSR count). The third kappa shape index (κ3) is 2.44. The fraction of sp³-hybridized carbons (Fsp3) is 0.750. The molecule has 0 radical (unpaired) electrons. The normalized spacial score (nSPS) is 22.5. The van der Waals surface area contributed by atoms with Crippen LogP contribution in [0.5, 0.6) is 0 Å². The first-order chi connectivity index (χ1) is 7.83. The lowest BCUT2D eigenvalue weighted by Gasteiger charge is -2.19. The lowest BCUT2D eigenvalue weighted by atomic mass is 10.1. The molecule has 4 heteroatoms. The Labute approximate surface area is 97.0 Å². The monoisotopic (exact) mass is 223 g/mol. The molecule has 90 valence electrons. The van der Waals surface area contributed by atoms with Gasteiger partial charge in [-0.25, -0.2) is 4.98 Å². The molecule has 0 spiro atoms. The van der Waals surface area contributed by atoms with Crippen LogP contribution in [0.25, 0.3) is 0 Å². The molecule has 0 aromatic carbocycles. The maximum absolute atomic E-state index is 5.47. The van der Waals surface area contributed by atoms with Crippen LogP contribution in [0.1, 0.15) is 37.9 Å². The molecular weight excluding hydrogens is 202 g/mol. The van der Waals surface area contributed by atoms with Gasteiger partial charge in [0.1, 0.15) is 0 Å². The highest BCUT2D eigenvalue weighted by Gasteiger charge is 2.21. The third-order valence-electron chi connectivity index (χ3n) is 3.21. The molecule has 1 fully saturated rings. The van der Waals surface area contributed by atoms with Crippen molar-refractivity contribution in [3.63, 3.8) is 0 Å². The number of hydrogen-bond acceptors (Lipinski definition) is 3. The summed E-state index contributed by atoms with van der Waals surface area (Å²) in [5.74, 6) is 0.617. The van der Waals surface area contributed by atoms with Crippen LogP contribution in [0, 0.1) is 0 Å². The lowest BCUT2D eigenvalue weighted by molar-refractivity contribution is 0.117. The van der Waals surface area contributed by atoms with E-state index in [9.17, 15) is 0 Å². The minimum Gasteiger partial charge on any atom is -0.380 e. The molecule has 1 aromatic rings. The minimum absolute atomic E-state index is 0.373. The van der Waals surface area contributed by atoms with Gasteiger partial charge in [0.05, 0.1) is 19.0 Å². The Morgan fingerprint density at radius 1 is 1.69 bits per heavy atom. The zero-order chi connectivity index (χ0) is 11.4. The Hall–Kier alpha value is -0.870. The summed E-state index contributed by atoms with van der Waals surface area (Å²) in [6.45, 7) is 7.95. The predicted octanol–water partition coefficient (Wildman–Crippen LogP) is 1.56. The first kappa shape index (κ1) is 11.6. The van der Waals surface area contributed by atoms with Crippen molar-refractivity contribution in [2.24, 2.45) is 0 Å². The summed E-state index contributed by atoms with van der Waals surface area (Å²) in [6, 6.07) is 0.373. The Balaban J connectivity index is 2.05. The topological polar surface area (TPSA) is 39.1 Å². The second-order valence-corrected chi connectivity index (χ2v) is 4.42. The maximum Gasteiger partial charge on any atom is 0.0951 e. The van der Waals surface area contributed by atoms with Crippen LogP contribution in [0.4, 0.5) is 0 Å². The Morgan fingerprint density at radius 2 is 2.56 bits per heavy atom. The summed E-state index contributed by atoms with van der Waals surface area (Å²) >= 11 is 0. The van der Waals surface area contributed by atoms with Gasteiger partial charge in [0.25, 0.3) is 0 Å². The van der Waals surface area contributed by atoms with Gasteiger partial charge >= 0.3 is 0 Å². The molecule has 1 aliphatic rings. The molecule has 0 bridgehead atoms. The molecule has 0 saturated carbocycles. The third-order valence-corrected chi connectivity index (χ3v) is 3.21. The molecular formula is C12H21N3O. The molecule has 2 atom stereocenters. The van der Waals surface area contributed by atoms with Crippen molar-refractivity contribution < 1.29 is 4.74 Å². The van der Waals surface area contributed by atoms with Gasteiger partial charge in [0.15, 0.2) is 0 Å². The van der Waals surface area contributed by atoms with Gasteiger partial charge in [-0.3, -0.25) is 0 Å². The van der Waals surface area contributed by atoms with Gasteiger partial charge in [0, 0.05) is 31.0 Å². The fourth-order valence-corrected chi connectivity index (χ4v) is 2.28. The van der Waals surface area contributed by atoms with Crippen molar-refractivity contribution in [3.05, 3.63) is 18.2 Å². The van der Waals surface area contributed by atoms with Gasteiger partial charge in [-0.1, -0.05) is 0 Å². The van der Waals surface area contributed by atoms with Crippen molar-refractivity contribution in [1.82, 2.24) is 14.9 Å². The van der Waals surface area contributed by atoms with Gasteiger partial charge in [-0.2, -0.15) is 0 Å². The Morgan fingerprint density at radius 3 is 3.25 bits per heavy atom. The van der Waals surface area contributed by atoms with Crippen LogP contribution in [-0.2, 0) is 4.74 Å². The van der Waals surface area contributed by atoms with Crippen LogP contribution in [-0.4, -0.2) is 35.9 Å². The predicted molar refractivity (Wildman–Crippen MR) is 63.7 cm³/mol.